The number of imidazole rings is 2. The minimum absolute atomic E-state index is 0.0628. The summed E-state index contributed by atoms with van der Waals surface area (Å²) in [7, 11) is 0. The fourth-order valence-corrected chi connectivity index (χ4v) is 3.19. The van der Waals surface area contributed by atoms with Crippen LogP contribution in [0.5, 0.6) is 0 Å². The van der Waals surface area contributed by atoms with E-state index in [0.717, 1.165) is 0 Å². The first-order valence-electron chi connectivity index (χ1n) is 8.24. The van der Waals surface area contributed by atoms with Crippen molar-refractivity contribution in [1.82, 2.24) is 44.8 Å². The molecular weight excluding hydrogens is 401 g/mol. The van der Waals surface area contributed by atoms with E-state index in [1.165, 1.54) is 23.1 Å². The van der Waals surface area contributed by atoms with Crippen molar-refractivity contribution in [3.05, 3.63) is 35.8 Å². The fraction of sp³-hybridized carbons (Fsp3) is 0.267. The van der Waals surface area contributed by atoms with E-state index < -0.39 is 30.2 Å². The second kappa shape index (κ2) is 5.79. The third-order valence-electron chi connectivity index (χ3n) is 4.42. The van der Waals surface area contributed by atoms with Gasteiger partial charge < -0.3 is 10.3 Å². The number of H-pyrrole nitrogens is 2. The van der Waals surface area contributed by atoms with Crippen molar-refractivity contribution in [1.29, 1.82) is 0 Å². The lowest BCUT2D eigenvalue weighted by Gasteiger charge is -2.24. The zero-order valence-corrected chi connectivity index (χ0v) is 14.2. The monoisotopic (exact) mass is 411 g/mol. The van der Waals surface area contributed by atoms with Crippen LogP contribution in [0.2, 0.25) is 0 Å². The van der Waals surface area contributed by atoms with E-state index in [-0.39, 0.29) is 35.1 Å². The molecular formula is C15H10F5N9. The van der Waals surface area contributed by atoms with Crippen molar-refractivity contribution in [2.45, 2.75) is 18.6 Å². The molecule has 0 atom stereocenters. The summed E-state index contributed by atoms with van der Waals surface area (Å²) in [6.45, 7) is -0.414. The fourth-order valence-electron chi connectivity index (χ4n) is 3.19. The Hall–Kier alpha value is -3.42. The van der Waals surface area contributed by atoms with Gasteiger partial charge in [0.2, 0.25) is 17.4 Å². The summed E-state index contributed by atoms with van der Waals surface area (Å²) < 4.78 is 68.6. The van der Waals surface area contributed by atoms with Crippen molar-refractivity contribution in [3.8, 4) is 22.9 Å². The molecule has 4 aromatic heterocycles. The van der Waals surface area contributed by atoms with Gasteiger partial charge in [-0.1, -0.05) is 0 Å². The van der Waals surface area contributed by atoms with E-state index in [4.69, 9.17) is 0 Å². The number of aromatic amines is 2. The Morgan fingerprint density at radius 1 is 1.14 bits per heavy atom. The number of hydrogen-bond acceptors (Lipinski definition) is 6. The number of nitrogens with one attached hydrogen (secondary N) is 3. The molecule has 0 radical (unpaired) electrons. The lowest BCUT2D eigenvalue weighted by Crippen LogP contribution is -2.38. The Balaban J connectivity index is 1.78. The normalized spacial score (nSPS) is 16.3. The van der Waals surface area contributed by atoms with E-state index in [0.29, 0.717) is 5.69 Å². The molecule has 0 aromatic carbocycles. The van der Waals surface area contributed by atoms with Gasteiger partial charge in [-0.3, -0.25) is 9.50 Å². The van der Waals surface area contributed by atoms with Crippen molar-refractivity contribution in [2.24, 2.45) is 0 Å². The maximum Gasteiger partial charge on any atom is 0.451 e. The molecule has 3 N–H and O–H groups in total. The molecule has 150 valence electrons. The molecule has 0 unspecified atom stereocenters. The van der Waals surface area contributed by atoms with Crippen LogP contribution in [0.15, 0.2) is 18.7 Å². The maximum atomic E-state index is 14.2. The molecule has 5 heterocycles. The highest BCUT2D eigenvalue weighted by Crippen LogP contribution is 2.36. The lowest BCUT2D eigenvalue weighted by atomic mass is 10.1. The van der Waals surface area contributed by atoms with E-state index in [2.05, 4.69) is 35.3 Å². The van der Waals surface area contributed by atoms with E-state index in [9.17, 15) is 22.0 Å². The van der Waals surface area contributed by atoms with Crippen molar-refractivity contribution in [2.75, 3.05) is 6.54 Å². The minimum Gasteiger partial charge on any atom is -0.343 e. The summed E-state index contributed by atoms with van der Waals surface area (Å²) >= 11 is 0. The molecule has 9 nitrogen and oxygen atoms in total. The van der Waals surface area contributed by atoms with Crippen LogP contribution >= 0.6 is 0 Å². The molecule has 1 aliphatic heterocycles. The Kier molecular flexibility index (Phi) is 3.53. The van der Waals surface area contributed by atoms with E-state index in [1.807, 2.05) is 5.10 Å². The summed E-state index contributed by atoms with van der Waals surface area (Å²) in [5, 5.41) is 8.02. The summed E-state index contributed by atoms with van der Waals surface area (Å²) in [5.74, 6) is -4.98. The Morgan fingerprint density at radius 3 is 2.66 bits per heavy atom. The summed E-state index contributed by atoms with van der Waals surface area (Å²) in [4.78, 5) is 18.3. The van der Waals surface area contributed by atoms with E-state index >= 15 is 0 Å². The standard InChI is InChI=1S/C15H10F5N9/c16-14(17)4-21-1-6-3-29-9(7-2-22-5-23-7)8(24-13(29)25-10(6)14)11-26-12(28-27-11)15(18,19)20/h2-3,5,21H,1,4H2,(H,22,23)(H,26,27,28). The average molecular weight is 411 g/mol. The molecule has 0 saturated heterocycles. The number of aromatic nitrogens is 8. The lowest BCUT2D eigenvalue weighted by molar-refractivity contribution is -0.144. The molecule has 4 aromatic rings. The molecule has 29 heavy (non-hydrogen) atoms. The zero-order chi connectivity index (χ0) is 20.4. The van der Waals surface area contributed by atoms with E-state index in [1.54, 1.807) is 0 Å². The highest BCUT2D eigenvalue weighted by atomic mass is 19.4. The largest absolute Gasteiger partial charge is 0.451 e. The molecule has 0 saturated carbocycles. The highest BCUT2D eigenvalue weighted by molar-refractivity contribution is 5.76. The first-order valence-corrected chi connectivity index (χ1v) is 8.24. The highest BCUT2D eigenvalue weighted by Gasteiger charge is 2.40. The minimum atomic E-state index is -4.73. The quantitative estimate of drug-likeness (QED) is 0.436. The Bertz CT molecular complexity index is 1210. The van der Waals surface area contributed by atoms with Gasteiger partial charge >= 0.3 is 12.1 Å². The molecule has 0 bridgehead atoms. The zero-order valence-electron chi connectivity index (χ0n) is 14.2. The van der Waals surface area contributed by atoms with Gasteiger partial charge in [0.05, 0.1) is 24.8 Å². The SMILES string of the molecule is FC(F)(F)c1nc(-c2nc3nc4c(cn3c2-c2cnc[nH]2)CNCC4(F)F)n[nH]1. The Morgan fingerprint density at radius 2 is 1.97 bits per heavy atom. The number of alkyl halides is 5. The second-order valence-corrected chi connectivity index (χ2v) is 6.37. The van der Waals surface area contributed by atoms with Crippen LogP contribution in [0.3, 0.4) is 0 Å². The predicted octanol–water partition coefficient (Wildman–Crippen LogP) is 2.12. The predicted molar refractivity (Wildman–Crippen MR) is 86.5 cm³/mol. The summed E-state index contributed by atoms with van der Waals surface area (Å²) in [6, 6.07) is 0. The van der Waals surface area contributed by atoms with Crippen LogP contribution in [0.25, 0.3) is 28.7 Å². The molecule has 0 fully saturated rings. The summed E-state index contributed by atoms with van der Waals surface area (Å²) in [5.41, 5.74) is 0.372. The van der Waals surface area contributed by atoms with Gasteiger partial charge in [-0.15, -0.1) is 0 Å². The second-order valence-electron chi connectivity index (χ2n) is 6.37. The van der Waals surface area contributed by atoms with Gasteiger partial charge in [-0.05, 0) is 0 Å². The first kappa shape index (κ1) is 17.7. The third-order valence-corrected chi connectivity index (χ3v) is 4.42. The van der Waals surface area contributed by atoms with Crippen molar-refractivity contribution >= 4 is 5.78 Å². The average Bonchev–Trinajstić information content (AvgIpc) is 3.37. The Labute approximate surface area is 157 Å². The number of halogens is 5. The number of rotatable bonds is 2. The van der Waals surface area contributed by atoms with Gasteiger partial charge in [-0.2, -0.15) is 27.1 Å². The number of hydrogen-bond donors (Lipinski definition) is 3. The number of fused-ring (bicyclic) bond motifs is 2. The van der Waals surface area contributed by atoms with Crippen LogP contribution in [0, 0.1) is 0 Å². The van der Waals surface area contributed by atoms with Crippen LogP contribution in [0.1, 0.15) is 17.1 Å². The maximum absolute atomic E-state index is 14.2. The van der Waals surface area contributed by atoms with Crippen LogP contribution < -0.4 is 5.32 Å². The molecule has 0 amide bonds. The van der Waals surface area contributed by atoms with Crippen molar-refractivity contribution in [3.63, 3.8) is 0 Å². The van der Waals surface area contributed by atoms with Crippen LogP contribution in [0.4, 0.5) is 22.0 Å². The van der Waals surface area contributed by atoms with Gasteiger partial charge in [-0.25, -0.2) is 19.9 Å². The topological polar surface area (TPSA) is 112 Å². The summed E-state index contributed by atoms with van der Waals surface area (Å²) in [6.07, 6.45) is -0.541. The van der Waals surface area contributed by atoms with Gasteiger partial charge in [0.15, 0.2) is 0 Å². The van der Waals surface area contributed by atoms with Gasteiger partial charge in [0.25, 0.3) is 0 Å². The molecule has 0 spiro atoms. The molecule has 14 heteroatoms. The number of nitrogens with zero attached hydrogens (tertiary/aromatic N) is 6. The van der Waals surface area contributed by atoms with Crippen LogP contribution in [-0.2, 0) is 18.6 Å². The van der Waals surface area contributed by atoms with Gasteiger partial charge in [0.1, 0.15) is 17.1 Å². The molecule has 5 rings (SSSR count). The molecule has 0 aliphatic carbocycles. The third kappa shape index (κ3) is 2.74. The van der Waals surface area contributed by atoms with Gasteiger partial charge in [0, 0.05) is 18.3 Å². The first-order chi connectivity index (χ1) is 13.7. The molecule has 1 aliphatic rings. The van der Waals surface area contributed by atoms with Crippen LogP contribution in [-0.4, -0.2) is 46.1 Å². The van der Waals surface area contributed by atoms with Crippen molar-refractivity contribution < 1.29 is 22.0 Å². The smallest absolute Gasteiger partial charge is 0.343 e.